The Balaban J connectivity index is 1.96. The Kier molecular flexibility index (Phi) is 4.93. The zero-order chi connectivity index (χ0) is 14.5. The molecule has 1 aromatic heterocycles. The van der Waals surface area contributed by atoms with E-state index in [0.29, 0.717) is 0 Å². The van der Waals surface area contributed by atoms with Crippen molar-refractivity contribution in [3.8, 4) is 0 Å². The predicted molar refractivity (Wildman–Crippen MR) is 85.1 cm³/mol. The maximum absolute atomic E-state index is 11.1. The van der Waals surface area contributed by atoms with Crippen molar-refractivity contribution in [2.75, 3.05) is 5.32 Å². The summed E-state index contributed by atoms with van der Waals surface area (Å²) in [7, 11) is 0. The number of amides is 1. The minimum Gasteiger partial charge on any atom is -0.325 e. The first-order valence-corrected chi connectivity index (χ1v) is 7.58. The highest BCUT2D eigenvalue weighted by Gasteiger charge is 2.09. The van der Waals surface area contributed by atoms with E-state index < -0.39 is 0 Å². The molecule has 0 saturated carbocycles. The Labute approximate surface area is 124 Å². The summed E-state index contributed by atoms with van der Waals surface area (Å²) in [6, 6.07) is 10.8. The van der Waals surface area contributed by atoms with Gasteiger partial charge in [-0.05, 0) is 30.9 Å². The number of carbonyl (C=O) groups is 1. The van der Waals surface area contributed by atoms with E-state index in [2.05, 4.69) is 48.7 Å². The van der Waals surface area contributed by atoms with Crippen LogP contribution >= 0.6 is 11.3 Å². The van der Waals surface area contributed by atoms with E-state index in [1.165, 1.54) is 18.1 Å². The molecule has 2 aromatic rings. The van der Waals surface area contributed by atoms with Crippen LogP contribution in [-0.4, -0.2) is 5.91 Å². The van der Waals surface area contributed by atoms with E-state index in [1.807, 2.05) is 11.4 Å². The van der Waals surface area contributed by atoms with E-state index >= 15 is 0 Å². The van der Waals surface area contributed by atoms with Gasteiger partial charge in [0.15, 0.2) is 0 Å². The largest absolute Gasteiger partial charge is 0.325 e. The topological polar surface area (TPSA) is 41.1 Å². The molecule has 1 amide bonds. The van der Waals surface area contributed by atoms with E-state index in [1.54, 1.807) is 11.3 Å². The molecule has 0 bridgehead atoms. The molecule has 1 atom stereocenters. The number of aryl methyl sites for hydroxylation is 1. The third-order valence-corrected chi connectivity index (χ3v) is 4.12. The molecule has 4 heteroatoms. The molecule has 1 aromatic carbocycles. The first kappa shape index (κ1) is 14.8. The molecule has 2 rings (SSSR count). The van der Waals surface area contributed by atoms with Crippen molar-refractivity contribution < 1.29 is 4.79 Å². The highest BCUT2D eigenvalue weighted by Crippen LogP contribution is 2.23. The number of carbonyl (C=O) groups excluding carboxylic acids is 1. The molecular formula is C16H20N2OS. The average molecular weight is 288 g/mol. The first-order valence-electron chi connectivity index (χ1n) is 6.70. The first-order chi connectivity index (χ1) is 9.56. The van der Waals surface area contributed by atoms with Crippen LogP contribution < -0.4 is 10.6 Å². The number of anilines is 1. The van der Waals surface area contributed by atoms with Gasteiger partial charge in [0.25, 0.3) is 0 Å². The van der Waals surface area contributed by atoms with Gasteiger partial charge in [-0.15, -0.1) is 11.3 Å². The zero-order valence-electron chi connectivity index (χ0n) is 12.1. The summed E-state index contributed by atoms with van der Waals surface area (Å²) in [5, 5.41) is 8.35. The molecule has 0 radical (unpaired) electrons. The Morgan fingerprint density at radius 3 is 2.60 bits per heavy atom. The van der Waals surface area contributed by atoms with Gasteiger partial charge in [-0.2, -0.15) is 0 Å². The van der Waals surface area contributed by atoms with E-state index in [-0.39, 0.29) is 11.9 Å². The predicted octanol–water partition coefficient (Wildman–Crippen LogP) is 3.87. The van der Waals surface area contributed by atoms with Gasteiger partial charge in [-0.1, -0.05) is 29.8 Å². The van der Waals surface area contributed by atoms with Crippen molar-refractivity contribution in [1.29, 1.82) is 0 Å². The number of nitrogens with one attached hydrogen (secondary N) is 2. The van der Waals surface area contributed by atoms with Gasteiger partial charge in [0, 0.05) is 24.4 Å². The molecule has 0 spiro atoms. The van der Waals surface area contributed by atoms with Crippen LogP contribution in [0, 0.1) is 6.92 Å². The van der Waals surface area contributed by atoms with Gasteiger partial charge in [0.2, 0.25) is 5.91 Å². The lowest BCUT2D eigenvalue weighted by Crippen LogP contribution is -2.18. The number of hydrogen-bond donors (Lipinski definition) is 2. The van der Waals surface area contributed by atoms with Crippen molar-refractivity contribution in [1.82, 2.24) is 5.32 Å². The van der Waals surface area contributed by atoms with Crippen LogP contribution in [0.2, 0.25) is 0 Å². The minimum absolute atomic E-state index is 0.0313. The zero-order valence-corrected chi connectivity index (χ0v) is 12.9. The number of rotatable bonds is 5. The second kappa shape index (κ2) is 6.68. The highest BCUT2D eigenvalue weighted by molar-refractivity contribution is 7.10. The molecule has 0 unspecified atom stereocenters. The summed E-state index contributed by atoms with van der Waals surface area (Å²) >= 11 is 1.65. The maximum Gasteiger partial charge on any atom is 0.221 e. The van der Waals surface area contributed by atoms with Crippen LogP contribution in [0.5, 0.6) is 0 Å². The van der Waals surface area contributed by atoms with E-state index in [0.717, 1.165) is 17.1 Å². The molecule has 0 aliphatic rings. The maximum atomic E-state index is 11.1. The van der Waals surface area contributed by atoms with Crippen LogP contribution in [0.1, 0.15) is 35.9 Å². The number of thiophene rings is 1. The van der Waals surface area contributed by atoms with Gasteiger partial charge in [0.1, 0.15) is 0 Å². The van der Waals surface area contributed by atoms with Crippen molar-refractivity contribution in [2.24, 2.45) is 0 Å². The molecule has 0 aliphatic carbocycles. The summed E-state index contributed by atoms with van der Waals surface area (Å²) in [4.78, 5) is 12.3. The highest BCUT2D eigenvalue weighted by atomic mass is 32.1. The SMILES string of the molecule is CC(=O)Nc1ccsc1CN[C@@H](C)c1ccc(C)cc1. The Hall–Kier alpha value is -1.65. The summed E-state index contributed by atoms with van der Waals surface area (Å²) in [5.41, 5.74) is 3.45. The molecule has 1 heterocycles. The van der Waals surface area contributed by atoms with Crippen LogP contribution in [0.3, 0.4) is 0 Å². The Bertz CT molecular complexity index is 574. The van der Waals surface area contributed by atoms with Gasteiger partial charge in [0.05, 0.1) is 5.69 Å². The van der Waals surface area contributed by atoms with E-state index in [4.69, 9.17) is 0 Å². The van der Waals surface area contributed by atoms with Gasteiger partial charge >= 0.3 is 0 Å². The van der Waals surface area contributed by atoms with Gasteiger partial charge in [-0.3, -0.25) is 4.79 Å². The third kappa shape index (κ3) is 3.92. The van der Waals surface area contributed by atoms with Gasteiger partial charge < -0.3 is 10.6 Å². The molecular weight excluding hydrogens is 268 g/mol. The monoisotopic (exact) mass is 288 g/mol. The van der Waals surface area contributed by atoms with Crippen molar-refractivity contribution in [3.63, 3.8) is 0 Å². The lowest BCUT2D eigenvalue weighted by molar-refractivity contribution is -0.114. The van der Waals surface area contributed by atoms with Crippen LogP contribution in [-0.2, 0) is 11.3 Å². The summed E-state index contributed by atoms with van der Waals surface area (Å²) in [6.45, 7) is 6.52. The smallest absolute Gasteiger partial charge is 0.221 e. The van der Waals surface area contributed by atoms with Crippen molar-refractivity contribution in [2.45, 2.75) is 33.4 Å². The summed E-state index contributed by atoms with van der Waals surface area (Å²) in [5.74, 6) is -0.0313. The van der Waals surface area contributed by atoms with Crippen LogP contribution in [0.4, 0.5) is 5.69 Å². The number of hydrogen-bond acceptors (Lipinski definition) is 3. The molecule has 106 valence electrons. The van der Waals surface area contributed by atoms with E-state index in [9.17, 15) is 4.79 Å². The second-order valence-electron chi connectivity index (χ2n) is 4.95. The van der Waals surface area contributed by atoms with Crippen molar-refractivity contribution >= 4 is 22.9 Å². The average Bonchev–Trinajstić information content (AvgIpc) is 2.83. The lowest BCUT2D eigenvalue weighted by Gasteiger charge is -2.14. The van der Waals surface area contributed by atoms with Crippen LogP contribution in [0.25, 0.3) is 0 Å². The summed E-state index contributed by atoms with van der Waals surface area (Å²) in [6.07, 6.45) is 0. The molecule has 0 saturated heterocycles. The Morgan fingerprint density at radius 2 is 1.95 bits per heavy atom. The standard InChI is InChI=1S/C16H20N2OS/c1-11-4-6-14(7-5-11)12(2)17-10-16-15(8-9-20-16)18-13(3)19/h4-9,12,17H,10H2,1-3H3,(H,18,19)/t12-/m0/s1. The molecule has 0 fully saturated rings. The van der Waals surface area contributed by atoms with Gasteiger partial charge in [-0.25, -0.2) is 0 Å². The fraction of sp³-hybridized carbons (Fsp3) is 0.312. The molecule has 3 nitrogen and oxygen atoms in total. The molecule has 2 N–H and O–H groups in total. The van der Waals surface area contributed by atoms with Crippen molar-refractivity contribution in [3.05, 3.63) is 51.7 Å². The fourth-order valence-electron chi connectivity index (χ4n) is 2.00. The lowest BCUT2D eigenvalue weighted by atomic mass is 10.1. The Morgan fingerprint density at radius 1 is 1.25 bits per heavy atom. The molecule has 20 heavy (non-hydrogen) atoms. The normalized spacial score (nSPS) is 12.2. The minimum atomic E-state index is -0.0313. The van der Waals surface area contributed by atoms with Crippen LogP contribution in [0.15, 0.2) is 35.7 Å². The quantitative estimate of drug-likeness (QED) is 0.877. The third-order valence-electron chi connectivity index (χ3n) is 3.20. The number of benzene rings is 1. The fourth-order valence-corrected chi connectivity index (χ4v) is 2.78. The molecule has 0 aliphatic heterocycles. The second-order valence-corrected chi connectivity index (χ2v) is 5.95. The summed E-state index contributed by atoms with van der Waals surface area (Å²) < 4.78 is 0.